The van der Waals surface area contributed by atoms with E-state index in [9.17, 15) is 9.59 Å². The van der Waals surface area contributed by atoms with Crippen LogP contribution >= 0.6 is 22.7 Å². The molecular weight excluding hydrogens is 404 g/mol. The van der Waals surface area contributed by atoms with Crippen LogP contribution in [-0.4, -0.2) is 27.0 Å². The van der Waals surface area contributed by atoms with Gasteiger partial charge in [0.1, 0.15) is 10.7 Å². The molecule has 6 nitrogen and oxygen atoms in total. The third-order valence-corrected chi connectivity index (χ3v) is 7.60. The van der Waals surface area contributed by atoms with E-state index in [0.717, 1.165) is 73.6 Å². The highest BCUT2D eigenvalue weighted by Gasteiger charge is 2.22. The van der Waals surface area contributed by atoms with Crippen LogP contribution in [0.2, 0.25) is 0 Å². The molecule has 0 radical (unpaired) electrons. The molecule has 0 aliphatic carbocycles. The molecule has 1 N–H and O–H groups in total. The Morgan fingerprint density at radius 2 is 2.07 bits per heavy atom. The van der Waals surface area contributed by atoms with Crippen molar-refractivity contribution < 1.29 is 4.79 Å². The van der Waals surface area contributed by atoms with Crippen molar-refractivity contribution in [1.82, 2.24) is 19.9 Å². The van der Waals surface area contributed by atoms with Crippen LogP contribution in [0.15, 0.2) is 10.2 Å². The number of aromatic nitrogens is 3. The number of thiazole rings is 1. The molecule has 0 saturated carbocycles. The Labute approximate surface area is 178 Å². The molecule has 0 unspecified atom stereocenters. The van der Waals surface area contributed by atoms with Crippen LogP contribution in [-0.2, 0) is 19.4 Å². The number of carbonyl (C=O) groups is 1. The fraction of sp³-hybridized carbons (Fsp3) is 0.524. The average molecular weight is 431 g/mol. The van der Waals surface area contributed by atoms with E-state index < -0.39 is 0 Å². The number of aryl methyl sites for hydroxylation is 4. The highest BCUT2D eigenvalue weighted by atomic mass is 32.1. The van der Waals surface area contributed by atoms with E-state index in [1.165, 1.54) is 11.3 Å². The minimum Gasteiger partial charge on any atom is -0.351 e. The summed E-state index contributed by atoms with van der Waals surface area (Å²) < 4.78 is 1.82. The second kappa shape index (κ2) is 8.75. The van der Waals surface area contributed by atoms with Crippen molar-refractivity contribution in [3.63, 3.8) is 0 Å². The molecule has 1 aliphatic heterocycles. The number of rotatable bonds is 6. The number of hydrogen-bond donors (Lipinski definition) is 1. The second-order valence-corrected chi connectivity index (χ2v) is 9.57. The van der Waals surface area contributed by atoms with Gasteiger partial charge in [-0.05, 0) is 51.5 Å². The van der Waals surface area contributed by atoms with Gasteiger partial charge in [0.25, 0.3) is 11.5 Å². The molecule has 29 heavy (non-hydrogen) atoms. The average Bonchev–Trinajstić information content (AvgIpc) is 3.16. The highest BCUT2D eigenvalue weighted by Crippen LogP contribution is 2.28. The number of fused-ring (bicyclic) bond motifs is 2. The van der Waals surface area contributed by atoms with Gasteiger partial charge in [-0.3, -0.25) is 14.2 Å². The molecule has 0 saturated heterocycles. The summed E-state index contributed by atoms with van der Waals surface area (Å²) >= 11 is 3.04. The summed E-state index contributed by atoms with van der Waals surface area (Å²) in [6, 6.07) is 0. The topological polar surface area (TPSA) is 76.9 Å². The zero-order chi connectivity index (χ0) is 20.4. The molecule has 0 aromatic carbocycles. The smallest absolute Gasteiger partial charge is 0.262 e. The molecule has 0 spiro atoms. The predicted octanol–water partition coefficient (Wildman–Crippen LogP) is 4.01. The van der Waals surface area contributed by atoms with Gasteiger partial charge in [-0.1, -0.05) is 6.42 Å². The van der Waals surface area contributed by atoms with Crippen LogP contribution in [0, 0.1) is 13.8 Å². The zero-order valence-electron chi connectivity index (χ0n) is 16.9. The number of hydrogen-bond acceptors (Lipinski definition) is 6. The van der Waals surface area contributed by atoms with Gasteiger partial charge in [0, 0.05) is 30.6 Å². The lowest BCUT2D eigenvalue weighted by Crippen LogP contribution is -2.25. The van der Waals surface area contributed by atoms with E-state index in [2.05, 4.69) is 15.7 Å². The Kier molecular flexibility index (Phi) is 6.10. The highest BCUT2D eigenvalue weighted by molar-refractivity contribution is 7.20. The molecule has 4 rings (SSSR count). The monoisotopic (exact) mass is 430 g/mol. The Morgan fingerprint density at radius 1 is 1.21 bits per heavy atom. The maximum Gasteiger partial charge on any atom is 0.262 e. The molecule has 8 heteroatoms. The minimum absolute atomic E-state index is 0.0124. The number of thiophene rings is 1. The molecule has 1 amide bonds. The maximum atomic E-state index is 13.0. The van der Waals surface area contributed by atoms with Gasteiger partial charge in [0.2, 0.25) is 0 Å². The van der Waals surface area contributed by atoms with Gasteiger partial charge in [0.15, 0.2) is 0 Å². The summed E-state index contributed by atoms with van der Waals surface area (Å²) in [5.41, 5.74) is 1.84. The van der Waals surface area contributed by atoms with Crippen molar-refractivity contribution in [1.29, 1.82) is 0 Å². The first-order valence-corrected chi connectivity index (χ1v) is 12.0. The van der Waals surface area contributed by atoms with Gasteiger partial charge < -0.3 is 5.32 Å². The summed E-state index contributed by atoms with van der Waals surface area (Å²) in [4.78, 5) is 36.2. The van der Waals surface area contributed by atoms with Crippen molar-refractivity contribution in [3.05, 3.63) is 42.7 Å². The lowest BCUT2D eigenvalue weighted by atomic mass is 10.2. The van der Waals surface area contributed by atoms with Gasteiger partial charge in [-0.15, -0.1) is 22.7 Å². The van der Waals surface area contributed by atoms with E-state index >= 15 is 0 Å². The van der Waals surface area contributed by atoms with Crippen LogP contribution < -0.4 is 10.9 Å². The first-order chi connectivity index (χ1) is 14.0. The fourth-order valence-corrected chi connectivity index (χ4v) is 5.75. The maximum absolute atomic E-state index is 13.0. The molecule has 1 aliphatic rings. The molecule has 0 bridgehead atoms. The van der Waals surface area contributed by atoms with Gasteiger partial charge >= 0.3 is 0 Å². The second-order valence-electron chi connectivity index (χ2n) is 7.63. The van der Waals surface area contributed by atoms with E-state index in [1.807, 2.05) is 18.4 Å². The number of carbonyl (C=O) groups excluding carboxylic acids is 1. The molecule has 4 heterocycles. The first-order valence-electron chi connectivity index (χ1n) is 10.3. The minimum atomic E-state index is -0.102. The summed E-state index contributed by atoms with van der Waals surface area (Å²) in [5, 5.41) is 6.84. The third-order valence-electron chi connectivity index (χ3n) is 5.39. The summed E-state index contributed by atoms with van der Waals surface area (Å²) in [5.74, 6) is 0.765. The standard InChI is InChI=1S/C21H26N4O2S2/c1-13-12-28-16(23-13)9-5-6-10-22-19(26)18-14(2)17-20(29-18)24-15-8-4-3-7-11-25(15)21(17)27/h12H,3-11H2,1-2H3,(H,22,26). The quantitative estimate of drug-likeness (QED) is 0.600. The number of nitrogens with one attached hydrogen (secondary N) is 1. The number of unbranched alkanes of at least 4 members (excludes halogenated alkanes) is 1. The van der Waals surface area contributed by atoms with Crippen LogP contribution in [0.1, 0.15) is 63.9 Å². The zero-order valence-corrected chi connectivity index (χ0v) is 18.5. The number of nitrogens with zero attached hydrogens (tertiary/aromatic N) is 3. The molecule has 3 aromatic rings. The molecule has 0 fully saturated rings. The Hall–Kier alpha value is -2.06. The van der Waals surface area contributed by atoms with Crippen LogP contribution in [0.4, 0.5) is 0 Å². The largest absolute Gasteiger partial charge is 0.351 e. The fourth-order valence-electron chi connectivity index (χ4n) is 3.83. The Morgan fingerprint density at radius 3 is 2.86 bits per heavy atom. The normalized spacial score (nSPS) is 14.0. The van der Waals surface area contributed by atoms with Gasteiger partial charge in [-0.2, -0.15) is 0 Å². The third kappa shape index (κ3) is 4.28. The van der Waals surface area contributed by atoms with Crippen LogP contribution in [0.25, 0.3) is 10.2 Å². The molecular formula is C21H26N4O2S2. The van der Waals surface area contributed by atoms with Gasteiger partial charge in [-0.25, -0.2) is 9.97 Å². The van der Waals surface area contributed by atoms with Crippen LogP contribution in [0.5, 0.6) is 0 Å². The molecule has 3 aromatic heterocycles. The summed E-state index contributed by atoms with van der Waals surface area (Å²) in [7, 11) is 0. The summed E-state index contributed by atoms with van der Waals surface area (Å²) in [6.45, 7) is 5.23. The van der Waals surface area contributed by atoms with Gasteiger partial charge in [0.05, 0.1) is 15.3 Å². The Bertz CT molecular complexity index is 1100. The van der Waals surface area contributed by atoms with Crippen molar-refractivity contribution in [2.45, 2.75) is 65.3 Å². The number of amides is 1. The van der Waals surface area contributed by atoms with Crippen molar-refractivity contribution in [2.75, 3.05) is 6.54 Å². The Balaban J connectivity index is 1.43. The predicted molar refractivity (Wildman–Crippen MR) is 118 cm³/mol. The van der Waals surface area contributed by atoms with Crippen molar-refractivity contribution in [2.24, 2.45) is 0 Å². The lowest BCUT2D eigenvalue weighted by molar-refractivity contribution is 0.0956. The first kappa shape index (κ1) is 20.2. The van der Waals surface area contributed by atoms with E-state index in [0.29, 0.717) is 21.6 Å². The van der Waals surface area contributed by atoms with Crippen LogP contribution in [0.3, 0.4) is 0 Å². The molecule has 154 valence electrons. The van der Waals surface area contributed by atoms with E-state index in [1.54, 1.807) is 11.3 Å². The lowest BCUT2D eigenvalue weighted by Gasteiger charge is -2.08. The summed E-state index contributed by atoms with van der Waals surface area (Å²) in [6.07, 6.45) is 6.89. The van der Waals surface area contributed by atoms with E-state index in [-0.39, 0.29) is 11.5 Å². The molecule has 0 atom stereocenters. The van der Waals surface area contributed by atoms with Crippen molar-refractivity contribution in [3.8, 4) is 0 Å². The SMILES string of the molecule is Cc1csc(CCCCNC(=O)c2sc3nc4n(c(=O)c3c2C)CCCCC4)n1. The van der Waals surface area contributed by atoms with E-state index in [4.69, 9.17) is 4.98 Å². The van der Waals surface area contributed by atoms with Crippen molar-refractivity contribution >= 4 is 38.8 Å².